The molecule has 0 spiro atoms. The summed E-state index contributed by atoms with van der Waals surface area (Å²) in [5.41, 5.74) is 3.29. The van der Waals surface area contributed by atoms with Crippen LogP contribution in [0.1, 0.15) is 84.1 Å². The number of rotatable bonds is 13. The molecule has 0 aliphatic carbocycles. The summed E-state index contributed by atoms with van der Waals surface area (Å²) in [4.78, 5) is 16.6. The molecule has 1 atom stereocenters. The van der Waals surface area contributed by atoms with Crippen molar-refractivity contribution in [3.8, 4) is 17.0 Å². The monoisotopic (exact) mass is 395 g/mol. The lowest BCUT2D eigenvalue weighted by molar-refractivity contribution is -0.134. The average Bonchev–Trinajstić information content (AvgIpc) is 2.75. The summed E-state index contributed by atoms with van der Waals surface area (Å²) in [5.74, 6) is 0.998. The van der Waals surface area contributed by atoms with Crippen LogP contribution in [0.25, 0.3) is 11.3 Å². The predicted molar refractivity (Wildman–Crippen MR) is 121 cm³/mol. The highest BCUT2D eigenvalue weighted by Crippen LogP contribution is 2.22. The molecule has 0 N–H and O–H groups in total. The van der Waals surface area contributed by atoms with E-state index in [0.717, 1.165) is 30.5 Å². The fourth-order valence-corrected chi connectivity index (χ4v) is 3.30. The maximum atomic E-state index is 12.0. The van der Waals surface area contributed by atoms with Crippen LogP contribution in [0.4, 0.5) is 0 Å². The van der Waals surface area contributed by atoms with Crippen LogP contribution >= 0.6 is 0 Å². The van der Waals surface area contributed by atoms with E-state index in [1.54, 1.807) is 0 Å². The first-order chi connectivity index (χ1) is 14.1. The van der Waals surface area contributed by atoms with Gasteiger partial charge < -0.3 is 4.74 Å². The summed E-state index contributed by atoms with van der Waals surface area (Å²) < 4.78 is 5.44. The van der Waals surface area contributed by atoms with Crippen LogP contribution in [0.15, 0.2) is 42.6 Å². The number of benzene rings is 1. The molecule has 0 saturated carbocycles. The summed E-state index contributed by atoms with van der Waals surface area (Å²) in [6, 6.07) is 11.9. The number of ether oxygens (including phenoxy) is 1. The van der Waals surface area contributed by atoms with Gasteiger partial charge in [-0.3, -0.25) is 9.78 Å². The quantitative estimate of drug-likeness (QED) is 0.202. The standard InChI is InChI=1S/C26H37NO2/c1-4-6-7-8-9-10-11-22-13-18-25(27-20-22)23-14-16-24(17-15-23)29-26(28)19-12-21(3)5-2/h13-18,20-21H,4-12,19H2,1-3H3. The van der Waals surface area contributed by atoms with Crippen LogP contribution in [0, 0.1) is 5.92 Å². The Morgan fingerprint density at radius 2 is 1.69 bits per heavy atom. The largest absolute Gasteiger partial charge is 0.427 e. The van der Waals surface area contributed by atoms with E-state index in [4.69, 9.17) is 4.74 Å². The van der Waals surface area contributed by atoms with Crippen molar-refractivity contribution in [1.82, 2.24) is 4.98 Å². The van der Waals surface area contributed by atoms with Gasteiger partial charge >= 0.3 is 5.97 Å². The van der Waals surface area contributed by atoms with Gasteiger partial charge in [0.05, 0.1) is 5.69 Å². The molecule has 0 saturated heterocycles. The number of aryl methyl sites for hydroxylation is 1. The van der Waals surface area contributed by atoms with Crippen molar-refractivity contribution in [2.45, 2.75) is 85.0 Å². The SMILES string of the molecule is CCCCCCCCc1ccc(-c2ccc(OC(=O)CCC(C)CC)cc2)nc1. The second kappa shape index (κ2) is 13.1. The Labute approximate surface area is 176 Å². The minimum atomic E-state index is -0.157. The van der Waals surface area contributed by atoms with Crippen LogP contribution in [0.2, 0.25) is 0 Å². The third-order valence-corrected chi connectivity index (χ3v) is 5.56. The third kappa shape index (κ3) is 8.81. The number of unbranched alkanes of at least 4 members (excludes halogenated alkanes) is 5. The van der Waals surface area contributed by atoms with Crippen molar-refractivity contribution in [3.63, 3.8) is 0 Å². The molecule has 0 fully saturated rings. The molecule has 3 nitrogen and oxygen atoms in total. The zero-order chi connectivity index (χ0) is 20.9. The average molecular weight is 396 g/mol. The van der Waals surface area contributed by atoms with Gasteiger partial charge in [-0.05, 0) is 61.1 Å². The van der Waals surface area contributed by atoms with Gasteiger partial charge in [-0.1, -0.05) is 65.4 Å². The summed E-state index contributed by atoms with van der Waals surface area (Å²) in [6.45, 7) is 6.56. The topological polar surface area (TPSA) is 39.2 Å². The van der Waals surface area contributed by atoms with Crippen LogP contribution in [-0.2, 0) is 11.2 Å². The minimum Gasteiger partial charge on any atom is -0.427 e. The number of aromatic nitrogens is 1. The first-order valence-electron chi connectivity index (χ1n) is 11.4. The number of carbonyl (C=O) groups excluding carboxylic acids is 1. The molecule has 0 aliphatic heterocycles. The molecule has 0 aliphatic rings. The first kappa shape index (κ1) is 23.1. The van der Waals surface area contributed by atoms with Gasteiger partial charge in [0, 0.05) is 18.2 Å². The molecule has 158 valence electrons. The van der Waals surface area contributed by atoms with E-state index >= 15 is 0 Å². The summed E-state index contributed by atoms with van der Waals surface area (Å²) in [6.07, 6.45) is 13.4. The molecule has 2 rings (SSSR count). The van der Waals surface area contributed by atoms with E-state index in [9.17, 15) is 4.79 Å². The summed E-state index contributed by atoms with van der Waals surface area (Å²) in [7, 11) is 0. The van der Waals surface area contributed by atoms with Gasteiger partial charge in [-0.25, -0.2) is 0 Å². The van der Waals surface area contributed by atoms with Crippen molar-refractivity contribution in [2.24, 2.45) is 5.92 Å². The van der Waals surface area contributed by atoms with E-state index in [2.05, 4.69) is 37.9 Å². The van der Waals surface area contributed by atoms with E-state index in [-0.39, 0.29) is 5.97 Å². The van der Waals surface area contributed by atoms with Gasteiger partial charge in [0.1, 0.15) is 5.75 Å². The number of hydrogen-bond donors (Lipinski definition) is 0. The van der Waals surface area contributed by atoms with Gasteiger partial charge in [0.2, 0.25) is 0 Å². The van der Waals surface area contributed by atoms with E-state index in [1.165, 1.54) is 44.1 Å². The highest BCUT2D eigenvalue weighted by molar-refractivity contribution is 5.72. The Bertz CT molecular complexity index is 706. The van der Waals surface area contributed by atoms with Crippen molar-refractivity contribution in [1.29, 1.82) is 0 Å². The predicted octanol–water partition coefficient (Wildman–Crippen LogP) is 7.38. The molecular formula is C26H37NO2. The Morgan fingerprint density at radius 3 is 2.34 bits per heavy atom. The normalized spacial score (nSPS) is 12.0. The molecule has 1 unspecified atom stereocenters. The zero-order valence-electron chi connectivity index (χ0n) is 18.5. The Kier molecular flexibility index (Phi) is 10.5. The Morgan fingerprint density at radius 1 is 0.966 bits per heavy atom. The minimum absolute atomic E-state index is 0.157. The third-order valence-electron chi connectivity index (χ3n) is 5.56. The molecule has 0 bridgehead atoms. The van der Waals surface area contributed by atoms with Crippen molar-refractivity contribution in [2.75, 3.05) is 0 Å². The van der Waals surface area contributed by atoms with E-state index < -0.39 is 0 Å². The number of hydrogen-bond acceptors (Lipinski definition) is 3. The van der Waals surface area contributed by atoms with E-state index in [0.29, 0.717) is 18.1 Å². The van der Waals surface area contributed by atoms with Crippen LogP contribution in [-0.4, -0.2) is 11.0 Å². The summed E-state index contributed by atoms with van der Waals surface area (Å²) in [5, 5.41) is 0. The molecule has 2 aromatic rings. The number of carbonyl (C=O) groups is 1. The lowest BCUT2D eigenvalue weighted by Crippen LogP contribution is -2.09. The van der Waals surface area contributed by atoms with Crippen molar-refractivity contribution in [3.05, 3.63) is 48.2 Å². The molecule has 1 aromatic carbocycles. The number of pyridine rings is 1. The van der Waals surface area contributed by atoms with Crippen molar-refractivity contribution >= 4 is 5.97 Å². The summed E-state index contributed by atoms with van der Waals surface area (Å²) >= 11 is 0. The van der Waals surface area contributed by atoms with E-state index in [1.807, 2.05) is 30.5 Å². The molecule has 1 aromatic heterocycles. The molecule has 1 heterocycles. The lowest BCUT2D eigenvalue weighted by atomic mass is 10.0. The highest BCUT2D eigenvalue weighted by Gasteiger charge is 2.08. The second-order valence-corrected chi connectivity index (χ2v) is 8.12. The number of esters is 1. The van der Waals surface area contributed by atoms with Crippen LogP contribution in [0.3, 0.4) is 0 Å². The fourth-order valence-electron chi connectivity index (χ4n) is 3.30. The van der Waals surface area contributed by atoms with Gasteiger partial charge in [0.25, 0.3) is 0 Å². The van der Waals surface area contributed by atoms with Crippen LogP contribution in [0.5, 0.6) is 5.75 Å². The first-order valence-corrected chi connectivity index (χ1v) is 11.4. The molecular weight excluding hydrogens is 358 g/mol. The smallest absolute Gasteiger partial charge is 0.311 e. The lowest BCUT2D eigenvalue weighted by Gasteiger charge is -2.09. The van der Waals surface area contributed by atoms with Gasteiger partial charge in [0.15, 0.2) is 0 Å². The molecule has 0 amide bonds. The maximum Gasteiger partial charge on any atom is 0.311 e. The molecule has 29 heavy (non-hydrogen) atoms. The van der Waals surface area contributed by atoms with Gasteiger partial charge in [-0.15, -0.1) is 0 Å². The Balaban J connectivity index is 1.79. The zero-order valence-corrected chi connectivity index (χ0v) is 18.5. The number of nitrogens with zero attached hydrogens (tertiary/aromatic N) is 1. The molecule has 3 heteroatoms. The highest BCUT2D eigenvalue weighted by atomic mass is 16.5. The Hall–Kier alpha value is -2.16. The molecule has 0 radical (unpaired) electrons. The van der Waals surface area contributed by atoms with Gasteiger partial charge in [-0.2, -0.15) is 0 Å². The second-order valence-electron chi connectivity index (χ2n) is 8.12. The van der Waals surface area contributed by atoms with Crippen LogP contribution < -0.4 is 4.74 Å². The fraction of sp³-hybridized carbons (Fsp3) is 0.538. The maximum absolute atomic E-state index is 12.0. The van der Waals surface area contributed by atoms with Crippen molar-refractivity contribution < 1.29 is 9.53 Å².